The summed E-state index contributed by atoms with van der Waals surface area (Å²) in [5.74, 6) is 0.807. The van der Waals surface area contributed by atoms with Crippen LogP contribution in [-0.4, -0.2) is 13.6 Å². The summed E-state index contributed by atoms with van der Waals surface area (Å²) < 4.78 is 1.42. The quantitative estimate of drug-likeness (QED) is 0.811. The molecule has 0 saturated carbocycles. The Hall–Kier alpha value is -0.860. The maximum Gasteiger partial charge on any atom is 0.0345 e. The Morgan fingerprint density at radius 1 is 1.24 bits per heavy atom. The van der Waals surface area contributed by atoms with E-state index in [0.29, 0.717) is 0 Å². The van der Waals surface area contributed by atoms with Gasteiger partial charge >= 0.3 is 0 Å². The van der Waals surface area contributed by atoms with E-state index in [9.17, 15) is 0 Å². The molecular formula is C15H21NS. The SMILES string of the molecule is CNCCC(C)CCc1csc2ccccc12. The van der Waals surface area contributed by atoms with Gasteiger partial charge in [-0.05, 0) is 61.2 Å². The van der Waals surface area contributed by atoms with Gasteiger partial charge in [0.25, 0.3) is 0 Å². The molecule has 2 rings (SSSR count). The van der Waals surface area contributed by atoms with Crippen LogP contribution in [0.4, 0.5) is 0 Å². The summed E-state index contributed by atoms with van der Waals surface area (Å²) in [6, 6.07) is 8.73. The zero-order valence-corrected chi connectivity index (χ0v) is 11.5. The van der Waals surface area contributed by atoms with Gasteiger partial charge < -0.3 is 5.32 Å². The Kier molecular flexibility index (Phi) is 4.57. The van der Waals surface area contributed by atoms with Gasteiger partial charge in [0.05, 0.1) is 0 Å². The first-order chi connectivity index (χ1) is 8.31. The van der Waals surface area contributed by atoms with E-state index >= 15 is 0 Å². The number of fused-ring (bicyclic) bond motifs is 1. The molecule has 92 valence electrons. The second-order valence-electron chi connectivity index (χ2n) is 4.79. The minimum atomic E-state index is 0.807. The van der Waals surface area contributed by atoms with Gasteiger partial charge in [-0.2, -0.15) is 0 Å². The highest BCUT2D eigenvalue weighted by Gasteiger charge is 2.06. The van der Waals surface area contributed by atoms with Crippen LogP contribution < -0.4 is 5.32 Å². The maximum absolute atomic E-state index is 3.22. The molecule has 0 spiro atoms. The lowest BCUT2D eigenvalue weighted by molar-refractivity contribution is 0.483. The van der Waals surface area contributed by atoms with E-state index in [1.54, 1.807) is 0 Å². The molecule has 1 atom stereocenters. The molecule has 1 unspecified atom stereocenters. The van der Waals surface area contributed by atoms with Crippen molar-refractivity contribution in [2.75, 3.05) is 13.6 Å². The van der Waals surface area contributed by atoms with E-state index < -0.39 is 0 Å². The first-order valence-corrected chi connectivity index (χ1v) is 7.29. The van der Waals surface area contributed by atoms with Crippen molar-refractivity contribution < 1.29 is 0 Å². The predicted octanol–water partition coefficient (Wildman–Crippen LogP) is 4.08. The van der Waals surface area contributed by atoms with Gasteiger partial charge in [-0.25, -0.2) is 0 Å². The van der Waals surface area contributed by atoms with Crippen molar-refractivity contribution in [1.29, 1.82) is 0 Å². The Labute approximate surface area is 108 Å². The van der Waals surface area contributed by atoms with Crippen molar-refractivity contribution in [3.8, 4) is 0 Å². The van der Waals surface area contributed by atoms with Crippen molar-refractivity contribution in [2.45, 2.75) is 26.2 Å². The number of benzene rings is 1. The molecule has 0 aliphatic rings. The van der Waals surface area contributed by atoms with Crippen molar-refractivity contribution in [3.63, 3.8) is 0 Å². The molecule has 0 amide bonds. The Morgan fingerprint density at radius 3 is 2.88 bits per heavy atom. The van der Waals surface area contributed by atoms with Crippen molar-refractivity contribution in [3.05, 3.63) is 35.2 Å². The highest BCUT2D eigenvalue weighted by molar-refractivity contribution is 7.17. The highest BCUT2D eigenvalue weighted by Crippen LogP contribution is 2.27. The highest BCUT2D eigenvalue weighted by atomic mass is 32.1. The number of thiophene rings is 1. The molecule has 0 radical (unpaired) electrons. The van der Waals surface area contributed by atoms with Crippen LogP contribution in [0, 0.1) is 5.92 Å². The zero-order valence-electron chi connectivity index (χ0n) is 10.7. The van der Waals surface area contributed by atoms with Crippen LogP contribution in [0.25, 0.3) is 10.1 Å². The smallest absolute Gasteiger partial charge is 0.0345 e. The third kappa shape index (κ3) is 3.30. The largest absolute Gasteiger partial charge is 0.320 e. The van der Waals surface area contributed by atoms with Crippen LogP contribution in [-0.2, 0) is 6.42 Å². The minimum Gasteiger partial charge on any atom is -0.320 e. The van der Waals surface area contributed by atoms with E-state index in [0.717, 1.165) is 12.5 Å². The molecule has 0 fully saturated rings. The third-order valence-corrected chi connectivity index (χ3v) is 4.37. The molecule has 1 N–H and O–H groups in total. The molecule has 2 heteroatoms. The fraction of sp³-hybridized carbons (Fsp3) is 0.467. The third-order valence-electron chi connectivity index (χ3n) is 3.35. The molecular weight excluding hydrogens is 226 g/mol. The number of hydrogen-bond acceptors (Lipinski definition) is 2. The fourth-order valence-electron chi connectivity index (χ4n) is 2.16. The van der Waals surface area contributed by atoms with Crippen molar-refractivity contribution >= 4 is 21.4 Å². The Balaban J connectivity index is 1.95. The summed E-state index contributed by atoms with van der Waals surface area (Å²) in [6.07, 6.45) is 3.79. The molecule has 0 aliphatic carbocycles. The topological polar surface area (TPSA) is 12.0 Å². The molecule has 0 aliphatic heterocycles. The van der Waals surface area contributed by atoms with Crippen LogP contribution in [0.3, 0.4) is 0 Å². The molecule has 1 nitrogen and oxygen atoms in total. The van der Waals surface area contributed by atoms with Gasteiger partial charge in [-0.1, -0.05) is 25.1 Å². The van der Waals surface area contributed by atoms with E-state index in [1.807, 2.05) is 18.4 Å². The number of hydrogen-bond donors (Lipinski definition) is 1. The first-order valence-electron chi connectivity index (χ1n) is 6.41. The molecule has 17 heavy (non-hydrogen) atoms. The Morgan fingerprint density at radius 2 is 2.06 bits per heavy atom. The standard InChI is InChI=1S/C15H21NS/c1-12(9-10-16-2)7-8-13-11-17-15-6-4-3-5-14(13)15/h3-6,11-12,16H,7-10H2,1-2H3. The fourth-order valence-corrected chi connectivity index (χ4v) is 3.16. The summed E-state index contributed by atoms with van der Waals surface area (Å²) in [5.41, 5.74) is 1.53. The molecule has 0 bridgehead atoms. The van der Waals surface area contributed by atoms with Crippen LogP contribution in [0.15, 0.2) is 29.6 Å². The number of nitrogens with one attached hydrogen (secondary N) is 1. The summed E-state index contributed by atoms with van der Waals surface area (Å²) in [7, 11) is 2.03. The average Bonchev–Trinajstić information content (AvgIpc) is 2.77. The van der Waals surface area contributed by atoms with Crippen LogP contribution in [0.2, 0.25) is 0 Å². The normalized spacial score (nSPS) is 13.1. The van der Waals surface area contributed by atoms with Gasteiger partial charge in [0, 0.05) is 4.70 Å². The van der Waals surface area contributed by atoms with E-state index in [4.69, 9.17) is 0 Å². The summed E-state index contributed by atoms with van der Waals surface area (Å²) in [4.78, 5) is 0. The average molecular weight is 247 g/mol. The maximum atomic E-state index is 3.22. The zero-order chi connectivity index (χ0) is 12.1. The minimum absolute atomic E-state index is 0.807. The first kappa shape index (κ1) is 12.6. The number of aryl methyl sites for hydroxylation is 1. The molecule has 1 aromatic heterocycles. The second-order valence-corrected chi connectivity index (χ2v) is 5.70. The lowest BCUT2D eigenvalue weighted by Crippen LogP contribution is -2.11. The van der Waals surface area contributed by atoms with Crippen molar-refractivity contribution in [2.24, 2.45) is 5.92 Å². The van der Waals surface area contributed by atoms with Crippen LogP contribution in [0.1, 0.15) is 25.3 Å². The van der Waals surface area contributed by atoms with Gasteiger partial charge in [-0.15, -0.1) is 11.3 Å². The monoisotopic (exact) mass is 247 g/mol. The van der Waals surface area contributed by atoms with E-state index in [2.05, 4.69) is 41.9 Å². The lowest BCUT2D eigenvalue weighted by atomic mass is 9.98. The van der Waals surface area contributed by atoms with Gasteiger partial charge in [-0.3, -0.25) is 0 Å². The van der Waals surface area contributed by atoms with Gasteiger partial charge in [0.2, 0.25) is 0 Å². The van der Waals surface area contributed by atoms with E-state index in [-0.39, 0.29) is 0 Å². The van der Waals surface area contributed by atoms with Crippen LogP contribution >= 0.6 is 11.3 Å². The number of rotatable bonds is 6. The Bertz CT molecular complexity index is 461. The summed E-state index contributed by atoms with van der Waals surface area (Å²) >= 11 is 1.87. The molecule has 0 saturated heterocycles. The van der Waals surface area contributed by atoms with E-state index in [1.165, 1.54) is 34.9 Å². The summed E-state index contributed by atoms with van der Waals surface area (Å²) in [5, 5.41) is 7.01. The molecule has 1 heterocycles. The lowest BCUT2D eigenvalue weighted by Gasteiger charge is -2.10. The second kappa shape index (κ2) is 6.18. The van der Waals surface area contributed by atoms with Crippen molar-refractivity contribution in [1.82, 2.24) is 5.32 Å². The van der Waals surface area contributed by atoms with Gasteiger partial charge in [0.15, 0.2) is 0 Å². The molecule has 2 aromatic rings. The van der Waals surface area contributed by atoms with Gasteiger partial charge in [0.1, 0.15) is 0 Å². The molecule has 1 aromatic carbocycles. The van der Waals surface area contributed by atoms with Crippen LogP contribution in [0.5, 0.6) is 0 Å². The summed E-state index contributed by atoms with van der Waals surface area (Å²) in [6.45, 7) is 3.48. The predicted molar refractivity (Wildman–Crippen MR) is 77.9 cm³/mol.